The van der Waals surface area contributed by atoms with Crippen LogP contribution in [-0.4, -0.2) is 63.2 Å². The number of benzene rings is 1. The van der Waals surface area contributed by atoms with Gasteiger partial charge in [-0.15, -0.1) is 24.0 Å². The topological polar surface area (TPSA) is 42.9 Å². The Kier molecular flexibility index (Phi) is 8.98. The van der Waals surface area contributed by atoms with Crippen LogP contribution in [0.15, 0.2) is 35.3 Å². The lowest BCUT2D eigenvalue weighted by atomic mass is 10.2. The van der Waals surface area contributed by atoms with E-state index >= 15 is 0 Å². The summed E-state index contributed by atoms with van der Waals surface area (Å²) in [7, 11) is 3.99. The number of guanidine groups is 1. The van der Waals surface area contributed by atoms with E-state index in [0.29, 0.717) is 6.04 Å². The molecule has 1 aromatic carbocycles. The summed E-state index contributed by atoms with van der Waals surface area (Å²) in [5.41, 5.74) is 1.25. The summed E-state index contributed by atoms with van der Waals surface area (Å²) in [5, 5.41) is 7.07. The number of anilines is 1. The van der Waals surface area contributed by atoms with Crippen molar-refractivity contribution in [1.82, 2.24) is 15.5 Å². The second-order valence-electron chi connectivity index (χ2n) is 7.32. The summed E-state index contributed by atoms with van der Waals surface area (Å²) < 4.78 is 0. The predicted molar refractivity (Wildman–Crippen MR) is 122 cm³/mol. The average Bonchev–Trinajstić information content (AvgIpc) is 3.33. The first-order chi connectivity index (χ1) is 12.3. The van der Waals surface area contributed by atoms with Crippen molar-refractivity contribution in [3.05, 3.63) is 30.3 Å². The highest BCUT2D eigenvalue weighted by Gasteiger charge is 2.30. The molecule has 1 saturated heterocycles. The monoisotopic (exact) mass is 471 g/mol. The number of nitrogens with one attached hydrogen (secondary N) is 2. The summed E-state index contributed by atoms with van der Waals surface area (Å²) in [5.74, 6) is 0.930. The van der Waals surface area contributed by atoms with E-state index in [4.69, 9.17) is 0 Å². The molecule has 0 amide bonds. The van der Waals surface area contributed by atoms with Gasteiger partial charge < -0.3 is 15.5 Å². The van der Waals surface area contributed by atoms with Crippen LogP contribution in [0.4, 0.5) is 5.69 Å². The number of likely N-dealkylation sites (N-methyl/N-ethyl adjacent to an activating group) is 1. The van der Waals surface area contributed by atoms with E-state index in [2.05, 4.69) is 62.8 Å². The van der Waals surface area contributed by atoms with Gasteiger partial charge in [-0.3, -0.25) is 9.89 Å². The maximum atomic E-state index is 4.40. The van der Waals surface area contributed by atoms with Crippen LogP contribution in [0.1, 0.15) is 32.1 Å². The van der Waals surface area contributed by atoms with Crippen molar-refractivity contribution < 1.29 is 0 Å². The van der Waals surface area contributed by atoms with E-state index in [9.17, 15) is 0 Å². The third-order valence-electron chi connectivity index (χ3n) is 5.56. The fourth-order valence-corrected chi connectivity index (χ4v) is 4.05. The lowest BCUT2D eigenvalue weighted by molar-refractivity contribution is 0.242. The van der Waals surface area contributed by atoms with Crippen LogP contribution < -0.4 is 15.5 Å². The number of likely N-dealkylation sites (tertiary alicyclic amines) is 1. The highest BCUT2D eigenvalue weighted by Crippen LogP contribution is 2.26. The maximum Gasteiger partial charge on any atom is 0.191 e. The van der Waals surface area contributed by atoms with Crippen LogP contribution in [0.2, 0.25) is 0 Å². The Morgan fingerprint density at radius 3 is 2.62 bits per heavy atom. The first kappa shape index (κ1) is 21.3. The lowest BCUT2D eigenvalue weighted by Crippen LogP contribution is -2.46. The van der Waals surface area contributed by atoms with E-state index in [-0.39, 0.29) is 24.0 Å². The van der Waals surface area contributed by atoms with E-state index < -0.39 is 0 Å². The molecule has 1 aliphatic carbocycles. The molecule has 1 heterocycles. The summed E-state index contributed by atoms with van der Waals surface area (Å²) in [6.45, 7) is 4.22. The van der Waals surface area contributed by atoms with Gasteiger partial charge in [-0.25, -0.2) is 0 Å². The molecule has 0 radical (unpaired) electrons. The Hall–Kier alpha value is -1.02. The molecule has 1 aliphatic heterocycles. The first-order valence-corrected chi connectivity index (χ1v) is 9.73. The second kappa shape index (κ2) is 11.0. The molecule has 1 atom stereocenters. The number of aliphatic imine (C=N–C) groups is 1. The van der Waals surface area contributed by atoms with Crippen molar-refractivity contribution in [2.24, 2.45) is 4.99 Å². The standard InChI is InChI=1S/C20H33N5.HI/c1-21-20(22-13-15-24(2)18-8-4-3-5-9-18)23-17-12-14-25(16-17)19-10-6-7-11-19;/h3-5,8-9,17,19H,6-7,10-16H2,1-2H3,(H2,21,22,23);1H. The molecule has 0 aromatic heterocycles. The molecule has 3 rings (SSSR count). The number of rotatable bonds is 6. The highest BCUT2D eigenvalue weighted by molar-refractivity contribution is 14.0. The quantitative estimate of drug-likeness (QED) is 0.381. The molecular formula is C20H34IN5. The SMILES string of the molecule is CN=C(NCCN(C)c1ccccc1)NC1CCN(C2CCCC2)C1.I. The Morgan fingerprint density at radius 1 is 1.19 bits per heavy atom. The third-order valence-corrected chi connectivity index (χ3v) is 5.56. The van der Waals surface area contributed by atoms with Crippen LogP contribution >= 0.6 is 24.0 Å². The van der Waals surface area contributed by atoms with Crippen LogP contribution in [0, 0.1) is 0 Å². The summed E-state index contributed by atoms with van der Waals surface area (Å²) >= 11 is 0. The van der Waals surface area contributed by atoms with Gasteiger partial charge in [0.25, 0.3) is 0 Å². The fourth-order valence-electron chi connectivity index (χ4n) is 4.05. The van der Waals surface area contributed by atoms with Crippen molar-refractivity contribution >= 4 is 35.6 Å². The minimum atomic E-state index is 0. The van der Waals surface area contributed by atoms with Gasteiger partial charge in [-0.05, 0) is 31.4 Å². The van der Waals surface area contributed by atoms with Crippen LogP contribution in [-0.2, 0) is 0 Å². The van der Waals surface area contributed by atoms with Crippen molar-refractivity contribution in [3.63, 3.8) is 0 Å². The molecule has 2 aliphatic rings. The number of para-hydroxylation sites is 1. The number of nitrogens with zero attached hydrogens (tertiary/aromatic N) is 3. The van der Waals surface area contributed by atoms with Gasteiger partial charge in [0.05, 0.1) is 0 Å². The van der Waals surface area contributed by atoms with Gasteiger partial charge in [0, 0.05) is 58.0 Å². The van der Waals surface area contributed by atoms with Gasteiger partial charge in [0.1, 0.15) is 0 Å². The van der Waals surface area contributed by atoms with Gasteiger partial charge in [0.2, 0.25) is 0 Å². The van der Waals surface area contributed by atoms with Gasteiger partial charge in [0.15, 0.2) is 5.96 Å². The summed E-state index contributed by atoms with van der Waals surface area (Å²) in [4.78, 5) is 9.34. The number of halogens is 1. The fraction of sp³-hybridized carbons (Fsp3) is 0.650. The molecule has 1 aromatic rings. The Labute approximate surface area is 175 Å². The highest BCUT2D eigenvalue weighted by atomic mass is 127. The minimum absolute atomic E-state index is 0. The van der Waals surface area contributed by atoms with Crippen molar-refractivity contribution in [2.75, 3.05) is 45.2 Å². The molecule has 0 spiro atoms. The normalized spacial score (nSPS) is 21.5. The van der Waals surface area contributed by atoms with Gasteiger partial charge >= 0.3 is 0 Å². The first-order valence-electron chi connectivity index (χ1n) is 9.73. The largest absolute Gasteiger partial charge is 0.373 e. The zero-order valence-corrected chi connectivity index (χ0v) is 18.5. The average molecular weight is 471 g/mol. The van der Waals surface area contributed by atoms with Crippen LogP contribution in [0.25, 0.3) is 0 Å². The number of hydrogen-bond acceptors (Lipinski definition) is 3. The smallest absolute Gasteiger partial charge is 0.191 e. The molecule has 1 saturated carbocycles. The van der Waals surface area contributed by atoms with Crippen molar-refractivity contribution in [1.29, 1.82) is 0 Å². The van der Waals surface area contributed by atoms with Crippen LogP contribution in [0.3, 0.4) is 0 Å². The van der Waals surface area contributed by atoms with E-state index in [1.807, 2.05) is 7.05 Å². The van der Waals surface area contributed by atoms with E-state index in [1.54, 1.807) is 0 Å². The Morgan fingerprint density at radius 2 is 1.92 bits per heavy atom. The Bertz CT molecular complexity index is 544. The summed E-state index contributed by atoms with van der Waals surface area (Å²) in [6, 6.07) is 11.9. The molecule has 5 nitrogen and oxygen atoms in total. The molecule has 146 valence electrons. The predicted octanol–water partition coefficient (Wildman–Crippen LogP) is 2.92. The van der Waals surface area contributed by atoms with Crippen LogP contribution in [0.5, 0.6) is 0 Å². The zero-order valence-electron chi connectivity index (χ0n) is 16.2. The number of hydrogen-bond donors (Lipinski definition) is 2. The molecule has 1 unspecified atom stereocenters. The molecule has 6 heteroatoms. The molecular weight excluding hydrogens is 437 g/mol. The van der Waals surface area contributed by atoms with Gasteiger partial charge in [-0.1, -0.05) is 31.0 Å². The zero-order chi connectivity index (χ0) is 17.5. The molecule has 26 heavy (non-hydrogen) atoms. The lowest BCUT2D eigenvalue weighted by Gasteiger charge is -2.24. The Balaban J connectivity index is 0.00000243. The van der Waals surface area contributed by atoms with Gasteiger partial charge in [-0.2, -0.15) is 0 Å². The van der Waals surface area contributed by atoms with Crippen molar-refractivity contribution in [3.8, 4) is 0 Å². The second-order valence-corrected chi connectivity index (χ2v) is 7.32. The minimum Gasteiger partial charge on any atom is -0.373 e. The summed E-state index contributed by atoms with van der Waals surface area (Å²) in [6.07, 6.45) is 6.84. The van der Waals surface area contributed by atoms with E-state index in [1.165, 1.54) is 44.3 Å². The third kappa shape index (κ3) is 6.01. The van der Waals surface area contributed by atoms with E-state index in [0.717, 1.165) is 31.6 Å². The molecule has 2 N–H and O–H groups in total. The molecule has 0 bridgehead atoms. The van der Waals surface area contributed by atoms with Crippen molar-refractivity contribution in [2.45, 2.75) is 44.2 Å². The molecule has 2 fully saturated rings. The maximum absolute atomic E-state index is 4.40.